The molecule has 0 aromatic heterocycles. The Morgan fingerprint density at radius 2 is 2.04 bits per heavy atom. The van der Waals surface area contributed by atoms with Gasteiger partial charge in [-0.05, 0) is 63.3 Å². The summed E-state index contributed by atoms with van der Waals surface area (Å²) in [4.78, 5) is 10.5. The van der Waals surface area contributed by atoms with Crippen molar-refractivity contribution in [3.63, 3.8) is 0 Å². The summed E-state index contributed by atoms with van der Waals surface area (Å²) in [5.74, 6) is 0.488. The number of allylic oxidation sites excluding steroid dienone is 2. The SMILES string of the molecule is CCCC(O)CNCC[C@@H]1[C@@H](CC=CCCCC(=O)O)[C@H]2CC[C@@H]1O2. The molecule has 0 aliphatic carbocycles. The summed E-state index contributed by atoms with van der Waals surface area (Å²) in [6.07, 6.45) is 13.1. The molecule has 0 amide bonds. The average molecular weight is 354 g/mol. The normalized spacial score (nSPS) is 29.5. The molecular weight excluding hydrogens is 318 g/mol. The lowest BCUT2D eigenvalue weighted by Crippen LogP contribution is -2.32. The lowest BCUT2D eigenvalue weighted by molar-refractivity contribution is -0.137. The number of fused-ring (bicyclic) bond motifs is 2. The van der Waals surface area contributed by atoms with E-state index in [9.17, 15) is 9.90 Å². The maximum Gasteiger partial charge on any atom is 0.303 e. The molecule has 2 saturated heterocycles. The zero-order valence-electron chi connectivity index (χ0n) is 15.5. The zero-order valence-corrected chi connectivity index (χ0v) is 15.5. The van der Waals surface area contributed by atoms with Gasteiger partial charge in [0, 0.05) is 13.0 Å². The van der Waals surface area contributed by atoms with Crippen molar-refractivity contribution in [1.29, 1.82) is 0 Å². The Kier molecular flexibility index (Phi) is 8.93. The number of aliphatic hydroxyl groups is 1. The molecule has 5 atom stereocenters. The van der Waals surface area contributed by atoms with Gasteiger partial charge in [0.05, 0.1) is 18.3 Å². The van der Waals surface area contributed by atoms with Gasteiger partial charge in [-0.3, -0.25) is 4.79 Å². The van der Waals surface area contributed by atoms with Gasteiger partial charge in [-0.1, -0.05) is 25.5 Å². The van der Waals surface area contributed by atoms with Gasteiger partial charge in [0.15, 0.2) is 0 Å². The van der Waals surface area contributed by atoms with Crippen molar-refractivity contribution in [2.75, 3.05) is 13.1 Å². The highest BCUT2D eigenvalue weighted by atomic mass is 16.5. The minimum Gasteiger partial charge on any atom is -0.481 e. The van der Waals surface area contributed by atoms with Crippen molar-refractivity contribution in [3.05, 3.63) is 12.2 Å². The van der Waals surface area contributed by atoms with E-state index in [1.54, 1.807) is 0 Å². The van der Waals surface area contributed by atoms with Crippen LogP contribution in [0.3, 0.4) is 0 Å². The maximum atomic E-state index is 10.5. The Balaban J connectivity index is 1.67. The Bertz CT molecular complexity index is 426. The standard InChI is InChI=1S/C20H35NO4/c1-2-7-15(22)14-21-13-12-17-16(18-10-11-19(17)25-18)8-5-3-4-6-9-20(23)24/h3,5,15-19,21-22H,2,4,6-14H2,1H3,(H,23,24)/t15?,16-,17-,18-,19+/m1/s1. The van der Waals surface area contributed by atoms with Crippen molar-refractivity contribution in [3.8, 4) is 0 Å². The van der Waals surface area contributed by atoms with Gasteiger partial charge in [-0.25, -0.2) is 0 Å². The number of aliphatic hydroxyl groups excluding tert-OH is 1. The number of ether oxygens (including phenoxy) is 1. The highest BCUT2D eigenvalue weighted by molar-refractivity contribution is 5.66. The molecular formula is C20H35NO4. The first-order chi connectivity index (χ1) is 12.1. The van der Waals surface area contributed by atoms with Crippen molar-refractivity contribution < 1.29 is 19.7 Å². The molecule has 2 bridgehead atoms. The first-order valence-electron chi connectivity index (χ1n) is 10.0. The smallest absolute Gasteiger partial charge is 0.303 e. The number of nitrogens with one attached hydrogen (secondary N) is 1. The van der Waals surface area contributed by atoms with E-state index in [4.69, 9.17) is 9.84 Å². The molecule has 5 heteroatoms. The maximum absolute atomic E-state index is 10.5. The van der Waals surface area contributed by atoms with Crippen LogP contribution >= 0.6 is 0 Å². The molecule has 1 unspecified atom stereocenters. The second kappa shape index (κ2) is 10.9. The predicted molar refractivity (Wildman–Crippen MR) is 98.5 cm³/mol. The van der Waals surface area contributed by atoms with Gasteiger partial charge < -0.3 is 20.3 Å². The monoisotopic (exact) mass is 353 g/mol. The molecule has 0 aromatic rings. The van der Waals surface area contributed by atoms with Gasteiger partial charge >= 0.3 is 5.97 Å². The summed E-state index contributed by atoms with van der Waals surface area (Å²) in [7, 11) is 0. The molecule has 2 fully saturated rings. The van der Waals surface area contributed by atoms with Crippen molar-refractivity contribution in [1.82, 2.24) is 5.32 Å². The van der Waals surface area contributed by atoms with E-state index in [2.05, 4.69) is 24.4 Å². The molecule has 2 aliphatic rings. The number of rotatable bonds is 13. The summed E-state index contributed by atoms with van der Waals surface area (Å²) in [6, 6.07) is 0. The van der Waals surface area contributed by atoms with Crippen molar-refractivity contribution in [2.45, 2.75) is 83.0 Å². The fraction of sp³-hybridized carbons (Fsp3) is 0.850. The summed E-state index contributed by atoms with van der Waals surface area (Å²) >= 11 is 0. The molecule has 2 rings (SSSR count). The van der Waals surface area contributed by atoms with Crippen LogP contribution in [0.5, 0.6) is 0 Å². The summed E-state index contributed by atoms with van der Waals surface area (Å²) in [5, 5.41) is 21.8. The lowest BCUT2D eigenvalue weighted by atomic mass is 9.76. The Morgan fingerprint density at radius 1 is 1.28 bits per heavy atom. The van der Waals surface area contributed by atoms with Gasteiger partial charge in [0.2, 0.25) is 0 Å². The Hall–Kier alpha value is -0.910. The number of unbranched alkanes of at least 4 members (excludes halogenated alkanes) is 1. The first kappa shape index (κ1) is 20.4. The number of carboxylic acid groups (broad SMARTS) is 1. The quantitative estimate of drug-likeness (QED) is 0.350. The van der Waals surface area contributed by atoms with E-state index in [1.165, 1.54) is 12.8 Å². The second-order valence-electron chi connectivity index (χ2n) is 7.55. The van der Waals surface area contributed by atoms with Crippen LogP contribution in [-0.4, -0.2) is 47.6 Å². The third kappa shape index (κ3) is 6.72. The van der Waals surface area contributed by atoms with E-state index in [1.807, 2.05) is 0 Å². The van der Waals surface area contributed by atoms with Crippen LogP contribution in [0.1, 0.15) is 64.7 Å². The van der Waals surface area contributed by atoms with E-state index in [-0.39, 0.29) is 12.5 Å². The third-order valence-corrected chi connectivity index (χ3v) is 5.58. The molecule has 0 radical (unpaired) electrons. The molecule has 0 spiro atoms. The number of hydrogen-bond donors (Lipinski definition) is 3. The average Bonchev–Trinajstić information content (AvgIpc) is 3.16. The first-order valence-corrected chi connectivity index (χ1v) is 10.0. The minimum absolute atomic E-state index is 0.231. The molecule has 5 nitrogen and oxygen atoms in total. The van der Waals surface area contributed by atoms with Gasteiger partial charge in [0.1, 0.15) is 0 Å². The van der Waals surface area contributed by atoms with Gasteiger partial charge in [0.25, 0.3) is 0 Å². The van der Waals surface area contributed by atoms with Gasteiger partial charge in [-0.15, -0.1) is 0 Å². The molecule has 2 heterocycles. The number of hydrogen-bond acceptors (Lipinski definition) is 4. The zero-order chi connectivity index (χ0) is 18.1. The fourth-order valence-electron chi connectivity index (χ4n) is 4.31. The van der Waals surface area contributed by atoms with Gasteiger partial charge in [-0.2, -0.15) is 0 Å². The molecule has 2 aliphatic heterocycles. The number of aliphatic carboxylic acids is 1. The summed E-state index contributed by atoms with van der Waals surface area (Å²) in [5.41, 5.74) is 0. The molecule has 144 valence electrons. The van der Waals surface area contributed by atoms with Crippen LogP contribution in [0.4, 0.5) is 0 Å². The van der Waals surface area contributed by atoms with Crippen LogP contribution in [-0.2, 0) is 9.53 Å². The van der Waals surface area contributed by atoms with E-state index < -0.39 is 5.97 Å². The molecule has 3 N–H and O–H groups in total. The molecule has 25 heavy (non-hydrogen) atoms. The number of carboxylic acids is 1. The third-order valence-electron chi connectivity index (χ3n) is 5.58. The minimum atomic E-state index is -0.716. The van der Waals surface area contributed by atoms with Crippen molar-refractivity contribution in [2.24, 2.45) is 11.8 Å². The Morgan fingerprint density at radius 3 is 2.76 bits per heavy atom. The predicted octanol–water partition coefficient (Wildman–Crippen LogP) is 3.12. The van der Waals surface area contributed by atoms with E-state index in [0.29, 0.717) is 37.0 Å². The van der Waals surface area contributed by atoms with Crippen LogP contribution in [0.25, 0.3) is 0 Å². The van der Waals surface area contributed by atoms with E-state index in [0.717, 1.165) is 38.6 Å². The van der Waals surface area contributed by atoms with Crippen LogP contribution in [0.15, 0.2) is 12.2 Å². The topological polar surface area (TPSA) is 78.8 Å². The number of carbonyl (C=O) groups is 1. The highest BCUT2D eigenvalue weighted by Crippen LogP contribution is 2.46. The van der Waals surface area contributed by atoms with Crippen LogP contribution in [0.2, 0.25) is 0 Å². The second-order valence-corrected chi connectivity index (χ2v) is 7.55. The molecule has 0 saturated carbocycles. The lowest BCUT2D eigenvalue weighted by Gasteiger charge is -2.27. The molecule has 0 aromatic carbocycles. The fourth-order valence-corrected chi connectivity index (χ4v) is 4.31. The van der Waals surface area contributed by atoms with Crippen LogP contribution < -0.4 is 5.32 Å². The highest BCUT2D eigenvalue weighted by Gasteiger charge is 2.47. The van der Waals surface area contributed by atoms with E-state index >= 15 is 0 Å². The summed E-state index contributed by atoms with van der Waals surface area (Å²) < 4.78 is 6.14. The Labute approximate surface area is 151 Å². The largest absolute Gasteiger partial charge is 0.481 e. The summed E-state index contributed by atoms with van der Waals surface area (Å²) in [6.45, 7) is 3.72. The van der Waals surface area contributed by atoms with Crippen LogP contribution in [0, 0.1) is 11.8 Å². The van der Waals surface area contributed by atoms with Crippen molar-refractivity contribution >= 4 is 5.97 Å².